The highest BCUT2D eigenvalue weighted by atomic mass is 35.5. The van der Waals surface area contributed by atoms with Crippen LogP contribution in [-0.4, -0.2) is 29.0 Å². The number of pyridine rings is 2. The monoisotopic (exact) mass is 491 g/mol. The predicted molar refractivity (Wildman–Crippen MR) is 139 cm³/mol. The molecule has 0 aliphatic rings. The standard InChI is InChI=1S/C27H27ClFN5O/c1-17(20-6-2-3-7-23(20)29)34-26-21-14-18(8-10-24(21)33-16-22(26)28)19-9-11-25(32-15-19)27(35)31-13-5-4-12-30/h2-3,6-11,14-17H,4-5,12-13,30H2,1H3,(H,31,35)(H,33,34)/t17-/m1/s1. The summed E-state index contributed by atoms with van der Waals surface area (Å²) in [5.74, 6) is -0.492. The zero-order valence-corrected chi connectivity index (χ0v) is 20.1. The van der Waals surface area contributed by atoms with Gasteiger partial charge in [0, 0.05) is 35.5 Å². The van der Waals surface area contributed by atoms with E-state index in [0.29, 0.717) is 35.1 Å². The summed E-state index contributed by atoms with van der Waals surface area (Å²) in [6.45, 7) is 3.06. The highest BCUT2D eigenvalue weighted by Crippen LogP contribution is 2.35. The number of nitrogens with two attached hydrogens (primary N) is 1. The summed E-state index contributed by atoms with van der Waals surface area (Å²) in [5.41, 5.74) is 9.55. The van der Waals surface area contributed by atoms with E-state index in [1.807, 2.05) is 31.2 Å². The first kappa shape index (κ1) is 24.6. The third kappa shape index (κ3) is 5.75. The van der Waals surface area contributed by atoms with E-state index in [2.05, 4.69) is 20.6 Å². The molecule has 0 bridgehead atoms. The van der Waals surface area contributed by atoms with Gasteiger partial charge in [-0.3, -0.25) is 14.8 Å². The second kappa shape index (κ2) is 11.3. The zero-order chi connectivity index (χ0) is 24.8. The summed E-state index contributed by atoms with van der Waals surface area (Å²) >= 11 is 6.51. The van der Waals surface area contributed by atoms with E-state index in [9.17, 15) is 9.18 Å². The largest absolute Gasteiger partial charge is 0.377 e. The molecule has 2 heterocycles. The summed E-state index contributed by atoms with van der Waals surface area (Å²) < 4.78 is 14.3. The number of halogens is 2. The Kier molecular flexibility index (Phi) is 7.90. The second-order valence-electron chi connectivity index (χ2n) is 8.28. The number of rotatable bonds is 9. The Morgan fingerprint density at radius 2 is 1.86 bits per heavy atom. The molecule has 35 heavy (non-hydrogen) atoms. The Labute approximate surface area is 208 Å². The number of fused-ring (bicyclic) bond motifs is 1. The molecule has 1 amide bonds. The van der Waals surface area contributed by atoms with Crippen LogP contribution >= 0.6 is 11.6 Å². The number of nitrogens with one attached hydrogen (secondary N) is 2. The molecule has 8 heteroatoms. The molecular weight excluding hydrogens is 465 g/mol. The highest BCUT2D eigenvalue weighted by Gasteiger charge is 2.15. The fourth-order valence-electron chi connectivity index (χ4n) is 3.88. The molecule has 0 radical (unpaired) electrons. The number of hydrogen-bond donors (Lipinski definition) is 3. The van der Waals surface area contributed by atoms with Crippen LogP contribution in [0, 0.1) is 5.82 Å². The van der Waals surface area contributed by atoms with Crippen LogP contribution in [-0.2, 0) is 0 Å². The number of unbranched alkanes of at least 4 members (excludes halogenated alkanes) is 1. The molecule has 0 aliphatic carbocycles. The van der Waals surface area contributed by atoms with Gasteiger partial charge in [-0.2, -0.15) is 0 Å². The van der Waals surface area contributed by atoms with Gasteiger partial charge in [-0.1, -0.05) is 41.9 Å². The van der Waals surface area contributed by atoms with Crippen LogP contribution in [0.2, 0.25) is 5.02 Å². The first-order valence-electron chi connectivity index (χ1n) is 11.5. The molecule has 6 nitrogen and oxygen atoms in total. The van der Waals surface area contributed by atoms with Crippen LogP contribution in [0.25, 0.3) is 22.0 Å². The quantitative estimate of drug-likeness (QED) is 0.260. The first-order chi connectivity index (χ1) is 17.0. The van der Waals surface area contributed by atoms with Crippen molar-refractivity contribution < 1.29 is 9.18 Å². The number of carbonyl (C=O) groups excluding carboxylic acids is 1. The highest BCUT2D eigenvalue weighted by molar-refractivity contribution is 6.34. The molecule has 2 aromatic carbocycles. The summed E-state index contributed by atoms with van der Waals surface area (Å²) in [6.07, 6.45) is 4.95. The van der Waals surface area contributed by atoms with Gasteiger partial charge in [0.1, 0.15) is 11.5 Å². The molecule has 0 aliphatic heterocycles. The third-order valence-electron chi connectivity index (χ3n) is 5.80. The lowest BCUT2D eigenvalue weighted by atomic mass is 10.0. The van der Waals surface area contributed by atoms with Crippen molar-refractivity contribution in [1.29, 1.82) is 0 Å². The van der Waals surface area contributed by atoms with Crippen LogP contribution in [0.3, 0.4) is 0 Å². The summed E-state index contributed by atoms with van der Waals surface area (Å²) in [7, 11) is 0. The Morgan fingerprint density at radius 1 is 1.06 bits per heavy atom. The van der Waals surface area contributed by atoms with Gasteiger partial charge >= 0.3 is 0 Å². The number of anilines is 1. The van der Waals surface area contributed by atoms with Gasteiger partial charge in [0.2, 0.25) is 0 Å². The van der Waals surface area contributed by atoms with E-state index in [1.54, 1.807) is 36.7 Å². The Hall–Kier alpha value is -3.55. The van der Waals surface area contributed by atoms with Crippen LogP contribution < -0.4 is 16.4 Å². The molecule has 2 aromatic heterocycles. The minimum absolute atomic E-state index is 0.211. The fourth-order valence-corrected chi connectivity index (χ4v) is 4.08. The predicted octanol–water partition coefficient (Wildman–Crippen LogP) is 5.73. The van der Waals surface area contributed by atoms with E-state index in [4.69, 9.17) is 17.3 Å². The molecule has 4 N–H and O–H groups in total. The van der Waals surface area contributed by atoms with Gasteiger partial charge in [0.05, 0.1) is 22.3 Å². The average molecular weight is 492 g/mol. The molecule has 0 fully saturated rings. The first-order valence-corrected chi connectivity index (χ1v) is 11.9. The van der Waals surface area contributed by atoms with Crippen molar-refractivity contribution >= 4 is 34.1 Å². The van der Waals surface area contributed by atoms with Gasteiger partial charge < -0.3 is 16.4 Å². The van der Waals surface area contributed by atoms with E-state index in [0.717, 1.165) is 34.9 Å². The average Bonchev–Trinajstić information content (AvgIpc) is 2.88. The van der Waals surface area contributed by atoms with Crippen molar-refractivity contribution in [3.05, 3.63) is 89.1 Å². The minimum Gasteiger partial charge on any atom is -0.377 e. The molecule has 4 rings (SSSR count). The molecule has 0 unspecified atom stereocenters. The lowest BCUT2D eigenvalue weighted by molar-refractivity contribution is 0.0948. The fraction of sp³-hybridized carbons (Fsp3) is 0.222. The second-order valence-corrected chi connectivity index (χ2v) is 8.69. The maximum atomic E-state index is 14.3. The summed E-state index contributed by atoms with van der Waals surface area (Å²) in [5, 5.41) is 7.45. The molecule has 0 spiro atoms. The summed E-state index contributed by atoms with van der Waals surface area (Å²) in [6, 6.07) is 15.7. The topological polar surface area (TPSA) is 92.9 Å². The van der Waals surface area contributed by atoms with E-state index in [-0.39, 0.29) is 17.8 Å². The van der Waals surface area contributed by atoms with E-state index >= 15 is 0 Å². The molecule has 0 saturated carbocycles. The van der Waals surface area contributed by atoms with Gasteiger partial charge in [-0.25, -0.2) is 4.39 Å². The smallest absolute Gasteiger partial charge is 0.269 e. The number of amides is 1. The zero-order valence-electron chi connectivity index (χ0n) is 19.4. The Balaban J connectivity index is 1.59. The SMILES string of the molecule is C[C@@H](Nc1c(Cl)cnc2ccc(-c3ccc(C(=O)NCCCCN)nc3)cc12)c1ccccc1F. The van der Waals surface area contributed by atoms with Crippen molar-refractivity contribution in [1.82, 2.24) is 15.3 Å². The number of hydrogen-bond acceptors (Lipinski definition) is 5. The van der Waals surface area contributed by atoms with Crippen molar-refractivity contribution in [3.8, 4) is 11.1 Å². The third-order valence-corrected chi connectivity index (χ3v) is 6.09. The van der Waals surface area contributed by atoms with Crippen LogP contribution in [0.1, 0.15) is 41.9 Å². The van der Waals surface area contributed by atoms with E-state index in [1.165, 1.54) is 6.07 Å². The molecule has 4 aromatic rings. The maximum absolute atomic E-state index is 14.3. The molecular formula is C27H27ClFN5O. The molecule has 180 valence electrons. The van der Waals surface area contributed by atoms with Crippen LogP contribution in [0.5, 0.6) is 0 Å². The van der Waals surface area contributed by atoms with Crippen molar-refractivity contribution in [3.63, 3.8) is 0 Å². The number of benzene rings is 2. The van der Waals surface area contributed by atoms with Gasteiger partial charge in [0.15, 0.2) is 0 Å². The van der Waals surface area contributed by atoms with Crippen LogP contribution in [0.15, 0.2) is 67.0 Å². The number of nitrogens with zero attached hydrogens (tertiary/aromatic N) is 2. The molecule has 0 saturated heterocycles. The number of carbonyl (C=O) groups is 1. The van der Waals surface area contributed by atoms with Gasteiger partial charge in [-0.05, 0) is 56.1 Å². The molecule has 1 atom stereocenters. The maximum Gasteiger partial charge on any atom is 0.269 e. The Morgan fingerprint density at radius 3 is 2.60 bits per heavy atom. The van der Waals surface area contributed by atoms with Crippen LogP contribution in [0.4, 0.5) is 10.1 Å². The lowest BCUT2D eigenvalue weighted by Crippen LogP contribution is -2.25. The lowest BCUT2D eigenvalue weighted by Gasteiger charge is -2.19. The van der Waals surface area contributed by atoms with Crippen molar-refractivity contribution in [2.24, 2.45) is 5.73 Å². The van der Waals surface area contributed by atoms with Crippen molar-refractivity contribution in [2.45, 2.75) is 25.8 Å². The van der Waals surface area contributed by atoms with Gasteiger partial charge in [0.25, 0.3) is 5.91 Å². The normalized spacial score (nSPS) is 11.9. The van der Waals surface area contributed by atoms with Gasteiger partial charge in [-0.15, -0.1) is 0 Å². The Bertz CT molecular complexity index is 1330. The van der Waals surface area contributed by atoms with E-state index < -0.39 is 0 Å². The minimum atomic E-state index is -0.313. The van der Waals surface area contributed by atoms with Crippen molar-refractivity contribution in [2.75, 3.05) is 18.4 Å². The number of aromatic nitrogens is 2. The summed E-state index contributed by atoms with van der Waals surface area (Å²) in [4.78, 5) is 21.1.